The predicted molar refractivity (Wildman–Crippen MR) is 75.6 cm³/mol. The molecule has 2 amide bonds. The zero-order chi connectivity index (χ0) is 15.4. The van der Waals surface area contributed by atoms with E-state index >= 15 is 0 Å². The van der Waals surface area contributed by atoms with Gasteiger partial charge in [0.1, 0.15) is 17.7 Å². The molecule has 1 aromatic rings. The maximum Gasteiger partial charge on any atom is 0.240 e. The Morgan fingerprint density at radius 2 is 2.10 bits per heavy atom. The number of amides is 2. The van der Waals surface area contributed by atoms with E-state index in [0.717, 1.165) is 42.8 Å². The van der Waals surface area contributed by atoms with E-state index in [0.29, 0.717) is 13.0 Å². The van der Waals surface area contributed by atoms with Crippen molar-refractivity contribution in [2.24, 2.45) is 5.73 Å². The molecule has 1 fully saturated rings. The second-order valence-corrected chi connectivity index (χ2v) is 5.88. The van der Waals surface area contributed by atoms with E-state index in [4.69, 9.17) is 5.73 Å². The Morgan fingerprint density at radius 1 is 1.33 bits per heavy atom. The van der Waals surface area contributed by atoms with Gasteiger partial charge in [-0.05, 0) is 37.5 Å². The van der Waals surface area contributed by atoms with Gasteiger partial charge in [0.25, 0.3) is 0 Å². The summed E-state index contributed by atoms with van der Waals surface area (Å²) in [6.45, 7) is 0.471. The van der Waals surface area contributed by atoms with Crippen LogP contribution in [0.3, 0.4) is 0 Å². The number of halogens is 2. The molecule has 0 aliphatic carbocycles. The molecular weight excluding hydrogens is 298 g/mol. The number of primary amides is 1. The summed E-state index contributed by atoms with van der Waals surface area (Å²) in [6.07, 6.45) is 2.22. The first-order chi connectivity index (χ1) is 9.99. The van der Waals surface area contributed by atoms with Crippen LogP contribution in [0.2, 0.25) is 0 Å². The molecule has 2 rings (SSSR count). The van der Waals surface area contributed by atoms with Crippen LogP contribution in [-0.4, -0.2) is 35.1 Å². The molecule has 0 bridgehead atoms. The average molecular weight is 314 g/mol. The quantitative estimate of drug-likeness (QED) is 0.864. The summed E-state index contributed by atoms with van der Waals surface area (Å²) in [5.74, 6) is -1.99. The van der Waals surface area contributed by atoms with Gasteiger partial charge in [0, 0.05) is 11.4 Å². The predicted octanol–water partition coefficient (Wildman–Crippen LogP) is 1.92. The van der Waals surface area contributed by atoms with Crippen LogP contribution in [0.15, 0.2) is 23.1 Å². The highest BCUT2D eigenvalue weighted by molar-refractivity contribution is 8.00. The number of carbonyl (C=O) groups is 2. The molecule has 2 N–H and O–H groups in total. The van der Waals surface area contributed by atoms with Crippen LogP contribution in [-0.2, 0) is 9.59 Å². The van der Waals surface area contributed by atoms with E-state index < -0.39 is 23.6 Å². The molecule has 0 radical (unpaired) electrons. The van der Waals surface area contributed by atoms with E-state index in [1.807, 2.05) is 0 Å². The van der Waals surface area contributed by atoms with Gasteiger partial charge in [0.15, 0.2) is 0 Å². The molecular formula is C14H16F2N2O2S. The molecule has 21 heavy (non-hydrogen) atoms. The summed E-state index contributed by atoms with van der Waals surface area (Å²) in [5, 5.41) is 0. The van der Waals surface area contributed by atoms with Gasteiger partial charge in [-0.25, -0.2) is 8.78 Å². The van der Waals surface area contributed by atoms with Crippen molar-refractivity contribution in [1.82, 2.24) is 4.90 Å². The lowest BCUT2D eigenvalue weighted by atomic mass is 10.0. The number of likely N-dealkylation sites (tertiary alicyclic amines) is 1. The van der Waals surface area contributed by atoms with Gasteiger partial charge in [0.2, 0.25) is 11.8 Å². The van der Waals surface area contributed by atoms with Crippen molar-refractivity contribution in [2.75, 3.05) is 12.3 Å². The van der Waals surface area contributed by atoms with Gasteiger partial charge in [-0.15, -0.1) is 11.8 Å². The van der Waals surface area contributed by atoms with Crippen molar-refractivity contribution >= 4 is 23.6 Å². The first-order valence-corrected chi connectivity index (χ1v) is 7.64. The Kier molecular flexibility index (Phi) is 5.17. The minimum atomic E-state index is -0.593. The van der Waals surface area contributed by atoms with Crippen LogP contribution in [0.4, 0.5) is 8.78 Å². The highest BCUT2D eigenvalue weighted by Crippen LogP contribution is 2.24. The summed E-state index contributed by atoms with van der Waals surface area (Å²) >= 11 is 0.918. The maximum absolute atomic E-state index is 13.5. The highest BCUT2D eigenvalue weighted by Gasteiger charge is 2.30. The molecule has 1 aliphatic heterocycles. The van der Waals surface area contributed by atoms with Crippen molar-refractivity contribution < 1.29 is 18.4 Å². The normalized spacial score (nSPS) is 18.6. The zero-order valence-electron chi connectivity index (χ0n) is 11.4. The molecule has 1 aromatic carbocycles. The van der Waals surface area contributed by atoms with Crippen molar-refractivity contribution in [3.05, 3.63) is 29.8 Å². The molecule has 1 atom stereocenters. The topological polar surface area (TPSA) is 63.4 Å². The van der Waals surface area contributed by atoms with Crippen LogP contribution >= 0.6 is 11.8 Å². The van der Waals surface area contributed by atoms with Crippen LogP contribution in [0.1, 0.15) is 19.3 Å². The Morgan fingerprint density at radius 3 is 2.81 bits per heavy atom. The summed E-state index contributed by atoms with van der Waals surface area (Å²) in [6, 6.07) is 2.50. The number of carbonyl (C=O) groups excluding carboxylic acids is 2. The third kappa shape index (κ3) is 3.93. The molecule has 1 aliphatic rings. The van der Waals surface area contributed by atoms with Crippen LogP contribution in [0.5, 0.6) is 0 Å². The van der Waals surface area contributed by atoms with Crippen LogP contribution in [0, 0.1) is 11.6 Å². The molecule has 1 heterocycles. The maximum atomic E-state index is 13.5. The monoisotopic (exact) mass is 314 g/mol. The molecule has 7 heteroatoms. The smallest absolute Gasteiger partial charge is 0.240 e. The molecule has 0 aromatic heterocycles. The number of thioether (sulfide) groups is 1. The lowest BCUT2D eigenvalue weighted by Gasteiger charge is -2.33. The zero-order valence-corrected chi connectivity index (χ0v) is 12.2. The number of rotatable bonds is 4. The molecule has 1 saturated heterocycles. The first kappa shape index (κ1) is 15.8. The third-order valence-electron chi connectivity index (χ3n) is 3.40. The van der Waals surface area contributed by atoms with Gasteiger partial charge in [-0.2, -0.15) is 0 Å². The van der Waals surface area contributed by atoms with Gasteiger partial charge in [-0.3, -0.25) is 9.59 Å². The Hall–Kier alpha value is -1.63. The Balaban J connectivity index is 2.00. The minimum absolute atomic E-state index is 0.0514. The summed E-state index contributed by atoms with van der Waals surface area (Å²) in [5.41, 5.74) is 5.30. The minimum Gasteiger partial charge on any atom is -0.368 e. The lowest BCUT2D eigenvalue weighted by Crippen LogP contribution is -2.51. The fraction of sp³-hybridized carbons (Fsp3) is 0.429. The molecule has 4 nitrogen and oxygen atoms in total. The van der Waals surface area contributed by atoms with E-state index in [1.54, 1.807) is 0 Å². The summed E-state index contributed by atoms with van der Waals surface area (Å²) in [4.78, 5) is 25.0. The summed E-state index contributed by atoms with van der Waals surface area (Å²) < 4.78 is 26.5. The van der Waals surface area contributed by atoms with Crippen LogP contribution < -0.4 is 5.73 Å². The number of nitrogens with zero attached hydrogens (tertiary/aromatic N) is 1. The third-order valence-corrected chi connectivity index (χ3v) is 4.41. The average Bonchev–Trinajstić information content (AvgIpc) is 2.47. The second-order valence-electron chi connectivity index (χ2n) is 4.86. The number of hydrogen-bond donors (Lipinski definition) is 1. The first-order valence-electron chi connectivity index (χ1n) is 6.65. The second kappa shape index (κ2) is 6.89. The Labute approximate surface area is 125 Å². The fourth-order valence-corrected chi connectivity index (χ4v) is 3.18. The fourth-order valence-electron chi connectivity index (χ4n) is 2.34. The van der Waals surface area contributed by atoms with E-state index in [2.05, 4.69) is 0 Å². The SMILES string of the molecule is NC(=O)[C@@H]1CCCCN1C(=O)CSc1cc(F)ccc1F. The van der Waals surface area contributed by atoms with Gasteiger partial charge < -0.3 is 10.6 Å². The number of hydrogen-bond acceptors (Lipinski definition) is 3. The van der Waals surface area contributed by atoms with Gasteiger partial charge in [-0.1, -0.05) is 0 Å². The van der Waals surface area contributed by atoms with Crippen molar-refractivity contribution in [3.63, 3.8) is 0 Å². The lowest BCUT2D eigenvalue weighted by molar-refractivity contribution is -0.138. The number of piperidine rings is 1. The Bertz CT molecular complexity index is 554. The van der Waals surface area contributed by atoms with Crippen molar-refractivity contribution in [3.8, 4) is 0 Å². The van der Waals surface area contributed by atoms with Crippen molar-refractivity contribution in [1.29, 1.82) is 0 Å². The van der Waals surface area contributed by atoms with E-state index in [9.17, 15) is 18.4 Å². The summed E-state index contributed by atoms with van der Waals surface area (Å²) in [7, 11) is 0. The van der Waals surface area contributed by atoms with Crippen molar-refractivity contribution in [2.45, 2.75) is 30.2 Å². The van der Waals surface area contributed by atoms with Gasteiger partial charge in [0.05, 0.1) is 5.75 Å². The number of benzene rings is 1. The molecule has 0 unspecified atom stereocenters. The van der Waals surface area contributed by atoms with E-state index in [-0.39, 0.29) is 16.6 Å². The standard InChI is InChI=1S/C14H16F2N2O2S/c15-9-4-5-10(16)12(7-9)21-8-13(19)18-6-2-1-3-11(18)14(17)20/h4-5,7,11H,1-3,6,8H2,(H2,17,20)/t11-/m0/s1. The molecule has 0 saturated carbocycles. The van der Waals surface area contributed by atoms with Gasteiger partial charge >= 0.3 is 0 Å². The van der Waals surface area contributed by atoms with E-state index in [1.165, 1.54) is 4.90 Å². The largest absolute Gasteiger partial charge is 0.368 e. The molecule has 0 spiro atoms. The number of nitrogens with two attached hydrogens (primary N) is 1. The van der Waals surface area contributed by atoms with Crippen LogP contribution in [0.25, 0.3) is 0 Å². The molecule has 114 valence electrons. The highest BCUT2D eigenvalue weighted by atomic mass is 32.2.